The van der Waals surface area contributed by atoms with E-state index in [-0.39, 0.29) is 19.7 Å². The molecule has 4 atom stereocenters. The number of hydrogen-bond acceptors (Lipinski definition) is 9. The van der Waals surface area contributed by atoms with E-state index < -0.39 is 6.10 Å². The molecule has 1 rings (SSSR count). The molecule has 0 amide bonds. The minimum absolute atomic E-state index is 0.00612. The summed E-state index contributed by atoms with van der Waals surface area (Å²) in [5.74, 6) is 1.47. The molecule has 0 saturated carbocycles. The Labute approximate surface area is 285 Å². The van der Waals surface area contributed by atoms with Crippen molar-refractivity contribution in [3.05, 3.63) is 78.4 Å². The normalized spacial score (nSPS) is 14.5. The second-order valence-electron chi connectivity index (χ2n) is 11.1. The highest BCUT2D eigenvalue weighted by Crippen LogP contribution is 2.19. The average molecular weight is 665 g/mol. The summed E-state index contributed by atoms with van der Waals surface area (Å²) < 4.78 is 42.8. The molecule has 0 unspecified atom stereocenters. The van der Waals surface area contributed by atoms with Crippen LogP contribution in [0.25, 0.3) is 0 Å². The van der Waals surface area contributed by atoms with E-state index in [4.69, 9.17) is 37.9 Å². The molecule has 0 saturated heterocycles. The smallest absolute Gasteiger partial charge is 0.146 e. The van der Waals surface area contributed by atoms with Gasteiger partial charge < -0.3 is 43.0 Å². The first-order valence-electron chi connectivity index (χ1n) is 16.6. The molecule has 9 nitrogen and oxygen atoms in total. The van der Waals surface area contributed by atoms with Crippen LogP contribution in [0.15, 0.2) is 72.9 Å². The van der Waals surface area contributed by atoms with E-state index in [2.05, 4.69) is 46.1 Å². The van der Waals surface area contributed by atoms with Crippen molar-refractivity contribution in [1.29, 1.82) is 0 Å². The van der Waals surface area contributed by atoms with E-state index in [1.165, 1.54) is 5.57 Å². The van der Waals surface area contributed by atoms with Crippen molar-refractivity contribution in [2.24, 2.45) is 11.8 Å². The third kappa shape index (κ3) is 23.6. The minimum Gasteiger partial charge on any atom is -0.497 e. The van der Waals surface area contributed by atoms with Crippen molar-refractivity contribution in [2.75, 3.05) is 74.6 Å². The Kier molecular flexibility index (Phi) is 29.4. The third-order valence-electron chi connectivity index (χ3n) is 7.32. The molecule has 0 aliphatic carbocycles. The fourth-order valence-electron chi connectivity index (χ4n) is 4.25. The molecule has 9 heteroatoms. The monoisotopic (exact) mass is 664 g/mol. The Morgan fingerprint density at radius 2 is 1.23 bits per heavy atom. The lowest BCUT2D eigenvalue weighted by Gasteiger charge is -2.20. The molecule has 1 aromatic rings. The topological polar surface area (TPSA) is 94.1 Å². The molecule has 47 heavy (non-hydrogen) atoms. The molecule has 1 aromatic carbocycles. The van der Waals surface area contributed by atoms with E-state index >= 15 is 0 Å². The summed E-state index contributed by atoms with van der Waals surface area (Å²) in [6.07, 6.45) is 10.8. The van der Waals surface area contributed by atoms with Crippen LogP contribution in [-0.2, 0) is 39.8 Å². The van der Waals surface area contributed by atoms with Gasteiger partial charge in [0.05, 0.1) is 65.6 Å². The van der Waals surface area contributed by atoms with Crippen LogP contribution >= 0.6 is 0 Å². The van der Waals surface area contributed by atoms with E-state index in [1.54, 1.807) is 27.4 Å². The van der Waals surface area contributed by atoms with Crippen LogP contribution < -0.4 is 4.74 Å². The maximum absolute atomic E-state index is 9.81. The number of aliphatic hydroxyl groups is 1. The summed E-state index contributed by atoms with van der Waals surface area (Å²) in [7, 11) is 4.96. The second-order valence-corrected chi connectivity index (χ2v) is 11.1. The number of hydrogen-bond donors (Lipinski definition) is 1. The Morgan fingerprint density at radius 3 is 1.68 bits per heavy atom. The van der Waals surface area contributed by atoms with Crippen molar-refractivity contribution in [1.82, 2.24) is 0 Å². The molecule has 0 spiro atoms. The van der Waals surface area contributed by atoms with Gasteiger partial charge in [0, 0.05) is 26.1 Å². The van der Waals surface area contributed by atoms with Crippen LogP contribution in [0.1, 0.15) is 58.9 Å². The van der Waals surface area contributed by atoms with Crippen LogP contribution in [0, 0.1) is 11.8 Å². The molecule has 0 aromatic heterocycles. The highest BCUT2D eigenvalue weighted by molar-refractivity contribution is 5.26. The van der Waals surface area contributed by atoms with Crippen LogP contribution in [0.4, 0.5) is 0 Å². The lowest BCUT2D eigenvalue weighted by Crippen LogP contribution is -2.16. The lowest BCUT2D eigenvalue weighted by molar-refractivity contribution is -0.0719. The SMILES string of the molecule is C=CC[C@H](O)/C(C)=C\[C@@H](CC)COCOCCOC.C=CC[C@H](OCc1ccc(OC)cc1)/C(C)=C\[C@@H](CC)COCOCCOC. The van der Waals surface area contributed by atoms with E-state index in [0.29, 0.717) is 64.5 Å². The Balaban J connectivity index is 0.000000974. The van der Waals surface area contributed by atoms with Gasteiger partial charge in [-0.2, -0.15) is 0 Å². The van der Waals surface area contributed by atoms with Crippen LogP contribution in [-0.4, -0.2) is 91.9 Å². The molecule has 0 bridgehead atoms. The van der Waals surface area contributed by atoms with E-state index in [0.717, 1.165) is 36.1 Å². The summed E-state index contributed by atoms with van der Waals surface area (Å²) in [5.41, 5.74) is 3.28. The lowest BCUT2D eigenvalue weighted by atomic mass is 10.00. The summed E-state index contributed by atoms with van der Waals surface area (Å²) in [4.78, 5) is 0. The van der Waals surface area contributed by atoms with Gasteiger partial charge in [-0.3, -0.25) is 0 Å². The zero-order chi connectivity index (χ0) is 35.1. The predicted octanol–water partition coefficient (Wildman–Crippen LogP) is 7.30. The van der Waals surface area contributed by atoms with E-state index in [1.807, 2.05) is 37.3 Å². The van der Waals surface area contributed by atoms with Crippen molar-refractivity contribution < 1.29 is 43.0 Å². The first-order valence-corrected chi connectivity index (χ1v) is 16.6. The molecule has 0 radical (unpaired) electrons. The van der Waals surface area contributed by atoms with Gasteiger partial charge in [0.1, 0.15) is 19.3 Å². The molecule has 1 N–H and O–H groups in total. The van der Waals surface area contributed by atoms with Gasteiger partial charge in [-0.15, -0.1) is 13.2 Å². The summed E-state index contributed by atoms with van der Waals surface area (Å²) in [6, 6.07) is 7.94. The van der Waals surface area contributed by atoms with Gasteiger partial charge in [0.2, 0.25) is 0 Å². The predicted molar refractivity (Wildman–Crippen MR) is 190 cm³/mol. The fourth-order valence-corrected chi connectivity index (χ4v) is 4.25. The van der Waals surface area contributed by atoms with Gasteiger partial charge in [0.15, 0.2) is 0 Å². The van der Waals surface area contributed by atoms with Gasteiger partial charge >= 0.3 is 0 Å². The maximum atomic E-state index is 9.81. The number of aliphatic hydroxyl groups excluding tert-OH is 1. The largest absolute Gasteiger partial charge is 0.497 e. The molecule has 0 heterocycles. The molecule has 0 fully saturated rings. The summed E-state index contributed by atoms with van der Waals surface area (Å²) in [6.45, 7) is 20.4. The molecular formula is C38H64O9. The van der Waals surface area contributed by atoms with Crippen molar-refractivity contribution in [3.8, 4) is 5.75 Å². The highest BCUT2D eigenvalue weighted by Gasteiger charge is 2.13. The minimum atomic E-state index is -0.440. The quantitative estimate of drug-likeness (QED) is 0.0563. The first-order chi connectivity index (χ1) is 22.8. The fraction of sp³-hybridized carbons (Fsp3) is 0.632. The second kappa shape index (κ2) is 31.0. The van der Waals surface area contributed by atoms with Crippen molar-refractivity contribution in [2.45, 2.75) is 72.2 Å². The average Bonchev–Trinajstić information content (AvgIpc) is 3.08. The number of ether oxygens (including phenoxy) is 8. The van der Waals surface area contributed by atoms with Crippen molar-refractivity contribution >= 4 is 0 Å². The van der Waals surface area contributed by atoms with Gasteiger partial charge in [-0.1, -0.05) is 50.3 Å². The van der Waals surface area contributed by atoms with Crippen LogP contribution in [0.2, 0.25) is 0 Å². The molecule has 0 aliphatic rings. The van der Waals surface area contributed by atoms with Crippen molar-refractivity contribution in [3.63, 3.8) is 0 Å². The standard InChI is InChI=1S/C23H36O5.C15H28O4/c1-6-8-23(28-17-21-9-11-22(25-5)12-10-21)19(3)15-20(7-2)16-27-18-26-14-13-24-4;1-5-7-15(16)13(3)10-14(6-2)11-19-12-18-9-8-17-4/h6,9-12,15,20,23H,1,7-8,13-14,16-18H2,2-5H3;5,10,14-16H,1,6-9,11-12H2,2-4H3/b19-15-;13-10-/t20-,23+;14-,15+/m11/s1. The third-order valence-corrected chi connectivity index (χ3v) is 7.32. The van der Waals surface area contributed by atoms with Crippen LogP contribution in [0.3, 0.4) is 0 Å². The number of benzene rings is 1. The zero-order valence-corrected chi connectivity index (χ0v) is 30.2. The zero-order valence-electron chi connectivity index (χ0n) is 30.2. The molecular weight excluding hydrogens is 600 g/mol. The van der Waals surface area contributed by atoms with Gasteiger partial charge in [0.25, 0.3) is 0 Å². The molecule has 270 valence electrons. The first kappa shape index (κ1) is 44.7. The highest BCUT2D eigenvalue weighted by atomic mass is 16.7. The summed E-state index contributed by atoms with van der Waals surface area (Å²) in [5, 5.41) is 9.81. The molecule has 0 aliphatic heterocycles. The van der Waals surface area contributed by atoms with Crippen LogP contribution in [0.5, 0.6) is 5.75 Å². The van der Waals surface area contributed by atoms with Gasteiger partial charge in [-0.05, 0) is 68.4 Å². The Bertz CT molecular complexity index is 945. The van der Waals surface area contributed by atoms with E-state index in [9.17, 15) is 5.11 Å². The Hall–Kier alpha value is -2.34. The number of methoxy groups -OCH3 is 3. The summed E-state index contributed by atoms with van der Waals surface area (Å²) >= 11 is 0. The Morgan fingerprint density at radius 1 is 0.723 bits per heavy atom. The van der Waals surface area contributed by atoms with Gasteiger partial charge in [-0.25, -0.2) is 0 Å². The maximum Gasteiger partial charge on any atom is 0.146 e. The number of rotatable bonds is 28.